The third kappa shape index (κ3) is 15.7. The molecule has 4 aromatic rings. The Kier molecular flexibility index (Phi) is 17.6. The second kappa shape index (κ2) is 22.8. The maximum absolute atomic E-state index is 11.6. The van der Waals surface area contributed by atoms with Crippen LogP contribution in [0.2, 0.25) is 0 Å². The van der Waals surface area contributed by atoms with E-state index in [2.05, 4.69) is 58.9 Å². The van der Waals surface area contributed by atoms with Crippen molar-refractivity contribution in [1.29, 1.82) is 0 Å². The normalized spacial score (nSPS) is 14.2. The first-order chi connectivity index (χ1) is 27.0. The predicted molar refractivity (Wildman–Crippen MR) is 216 cm³/mol. The highest BCUT2D eigenvalue weighted by Crippen LogP contribution is 2.25. The van der Waals surface area contributed by atoms with Gasteiger partial charge in [0.05, 0.1) is 12.2 Å². The number of nitrogens with one attached hydrogen (secondary N) is 1. The van der Waals surface area contributed by atoms with Gasteiger partial charge in [-0.05, 0) is 141 Å². The summed E-state index contributed by atoms with van der Waals surface area (Å²) in [4.78, 5) is 35.2. The Balaban J connectivity index is 0.000000216. The van der Waals surface area contributed by atoms with Gasteiger partial charge in [-0.1, -0.05) is 0 Å². The molecule has 2 saturated heterocycles. The average Bonchev–Trinajstić information content (AvgIpc) is 3.99. The van der Waals surface area contributed by atoms with Crippen molar-refractivity contribution >= 4 is 18.1 Å². The van der Waals surface area contributed by atoms with E-state index in [0.29, 0.717) is 12.4 Å². The van der Waals surface area contributed by atoms with E-state index < -0.39 is 11.9 Å². The first kappa shape index (κ1) is 43.2. The third-order valence-corrected chi connectivity index (χ3v) is 8.48. The minimum atomic E-state index is -0.597. The van der Waals surface area contributed by atoms with Gasteiger partial charge in [-0.15, -0.1) is 11.5 Å². The highest BCUT2D eigenvalue weighted by atomic mass is 16.5. The van der Waals surface area contributed by atoms with Crippen molar-refractivity contribution in [3.05, 3.63) is 66.3 Å². The molecule has 300 valence electrons. The van der Waals surface area contributed by atoms with Crippen LogP contribution < -0.4 is 9.47 Å². The lowest BCUT2D eigenvalue weighted by Crippen LogP contribution is -2.25. The predicted octanol–water partition coefficient (Wildman–Crippen LogP) is 5.98. The fourth-order valence-corrected chi connectivity index (χ4v) is 6.01. The maximum atomic E-state index is 11.6. The van der Waals surface area contributed by atoms with Gasteiger partial charge in [-0.2, -0.15) is 5.10 Å². The molecule has 2 aliphatic heterocycles. The van der Waals surface area contributed by atoms with Gasteiger partial charge < -0.3 is 18.9 Å². The Bertz CT molecular complexity index is 1870. The number of likely N-dealkylation sites (tertiary alicyclic amines) is 2. The number of aryl methyl sites for hydroxylation is 2. The summed E-state index contributed by atoms with van der Waals surface area (Å²) < 4.78 is 22.9. The summed E-state index contributed by atoms with van der Waals surface area (Å²) in [7, 11) is 0. The van der Waals surface area contributed by atoms with E-state index in [1.807, 2.05) is 51.0 Å². The van der Waals surface area contributed by atoms with E-state index in [-0.39, 0.29) is 12.2 Å². The lowest BCUT2D eigenvalue weighted by atomic mass is 10.1. The van der Waals surface area contributed by atoms with Gasteiger partial charge in [-0.25, -0.2) is 24.2 Å². The fraction of sp³-hybridized carbons (Fsp3) is 0.476. The number of H-pyrrole nitrogens is 1. The third-order valence-electron chi connectivity index (χ3n) is 8.48. The molecular weight excluding hydrogens is 713 g/mol. The van der Waals surface area contributed by atoms with Crippen LogP contribution in [0, 0.1) is 26.2 Å². The summed E-state index contributed by atoms with van der Waals surface area (Å²) in [6, 6.07) is 12.1. The van der Waals surface area contributed by atoms with Gasteiger partial charge in [0.2, 0.25) is 0 Å². The van der Waals surface area contributed by atoms with Crippen LogP contribution in [0.15, 0.2) is 55.1 Å². The molecular formula is C42H56N8O6. The van der Waals surface area contributed by atoms with Crippen LogP contribution in [0.25, 0.3) is 29.0 Å². The number of carbonyl (C=O) groups excluding carboxylic acids is 2. The zero-order valence-corrected chi connectivity index (χ0v) is 33.6. The number of carbonyl (C=O) groups is 2. The molecule has 2 aromatic heterocycles. The first-order valence-electron chi connectivity index (χ1n) is 19.2. The Morgan fingerprint density at radius 2 is 1.36 bits per heavy atom. The molecule has 0 radical (unpaired) electrons. The van der Waals surface area contributed by atoms with Gasteiger partial charge in [-0.3, -0.25) is 14.9 Å². The standard InChI is InChI=1S/C21H28N4O3.C15H20N4O.C6H8O2/c1-16(2)28-20(26)6-9-25-15-22-21(23-25)18-12-17(3)13-19(14-18)27-11-10-24-7-4-5-8-24;1-12-8-13(15-16-11-17-18-15)10-14(9-12)20-7-6-19-4-2-3-5-19;1-4-6(7)8-5(2)3/h6,9,12-16H,4-5,7-8,10-11H2,1-3H3;8-11H,2-7H2,1H3,(H,16,17,18);1,5H,2-3H3/b9-6+;;. The van der Waals surface area contributed by atoms with Crippen LogP contribution in [0.5, 0.6) is 11.5 Å². The van der Waals surface area contributed by atoms with Gasteiger partial charge in [0.25, 0.3) is 0 Å². The average molecular weight is 769 g/mol. The summed E-state index contributed by atoms with van der Waals surface area (Å²) in [6.45, 7) is 19.3. The molecule has 0 aliphatic carbocycles. The number of benzene rings is 2. The van der Waals surface area contributed by atoms with Crippen molar-refractivity contribution in [1.82, 2.24) is 39.7 Å². The minimum Gasteiger partial charge on any atom is -0.492 e. The number of rotatable bonds is 14. The molecule has 6 rings (SSSR count). The van der Waals surface area contributed by atoms with Crippen LogP contribution in [-0.4, -0.2) is 116 Å². The van der Waals surface area contributed by atoms with E-state index in [1.54, 1.807) is 20.2 Å². The number of hydrogen-bond acceptors (Lipinski definition) is 12. The van der Waals surface area contributed by atoms with E-state index in [1.165, 1.54) is 75.1 Å². The molecule has 0 unspecified atom stereocenters. The summed E-state index contributed by atoms with van der Waals surface area (Å²) in [5.41, 5.74) is 4.14. The van der Waals surface area contributed by atoms with E-state index in [9.17, 15) is 9.59 Å². The molecule has 14 heteroatoms. The summed E-state index contributed by atoms with van der Waals surface area (Å²) in [5.74, 6) is 3.91. The number of aromatic nitrogens is 6. The van der Waals surface area contributed by atoms with Crippen molar-refractivity contribution < 1.29 is 28.5 Å². The molecule has 0 amide bonds. The lowest BCUT2D eigenvalue weighted by molar-refractivity contribution is -0.141. The highest BCUT2D eigenvalue weighted by molar-refractivity contribution is 5.87. The first-order valence-corrected chi connectivity index (χ1v) is 19.2. The topological polar surface area (TPSA) is 150 Å². The largest absolute Gasteiger partial charge is 0.492 e. The summed E-state index contributed by atoms with van der Waals surface area (Å²) >= 11 is 0. The molecule has 14 nitrogen and oxygen atoms in total. The van der Waals surface area contributed by atoms with Gasteiger partial charge >= 0.3 is 11.9 Å². The van der Waals surface area contributed by atoms with Crippen LogP contribution in [0.1, 0.15) is 64.5 Å². The Hall–Kier alpha value is -5.52. The van der Waals surface area contributed by atoms with Crippen LogP contribution >= 0.6 is 0 Å². The van der Waals surface area contributed by atoms with Crippen LogP contribution in [-0.2, 0) is 19.1 Å². The van der Waals surface area contributed by atoms with Crippen molar-refractivity contribution in [2.45, 2.75) is 79.4 Å². The lowest BCUT2D eigenvalue weighted by Gasteiger charge is -2.15. The minimum absolute atomic E-state index is 0.112. The van der Waals surface area contributed by atoms with Crippen molar-refractivity contribution in [3.63, 3.8) is 0 Å². The van der Waals surface area contributed by atoms with Crippen molar-refractivity contribution in [2.24, 2.45) is 0 Å². The quantitative estimate of drug-likeness (QED) is 0.0697. The van der Waals surface area contributed by atoms with Crippen LogP contribution in [0.4, 0.5) is 0 Å². The zero-order chi connectivity index (χ0) is 40.3. The smallest absolute Gasteiger partial charge is 0.384 e. The Labute approximate surface area is 330 Å². The molecule has 0 bridgehead atoms. The van der Waals surface area contributed by atoms with Gasteiger partial charge in [0.1, 0.15) is 37.4 Å². The highest BCUT2D eigenvalue weighted by Gasteiger charge is 2.13. The second-order valence-electron chi connectivity index (χ2n) is 14.1. The van der Waals surface area contributed by atoms with E-state index in [4.69, 9.17) is 20.6 Å². The number of hydrogen-bond donors (Lipinski definition) is 1. The molecule has 56 heavy (non-hydrogen) atoms. The summed E-state index contributed by atoms with van der Waals surface area (Å²) in [6.07, 6.45) is 15.6. The molecule has 0 spiro atoms. The van der Waals surface area contributed by atoms with Crippen molar-refractivity contribution in [2.75, 3.05) is 52.5 Å². The Morgan fingerprint density at radius 3 is 1.86 bits per heavy atom. The molecule has 1 N–H and O–H groups in total. The summed E-state index contributed by atoms with van der Waals surface area (Å²) in [5, 5.41) is 11.2. The second-order valence-corrected chi connectivity index (χ2v) is 14.1. The number of ether oxygens (including phenoxy) is 4. The number of aromatic amines is 1. The number of terminal acetylenes is 1. The monoisotopic (exact) mass is 768 g/mol. The molecule has 4 heterocycles. The van der Waals surface area contributed by atoms with Gasteiger partial charge in [0.15, 0.2) is 11.6 Å². The van der Waals surface area contributed by atoms with Crippen LogP contribution in [0.3, 0.4) is 0 Å². The molecule has 2 fully saturated rings. The van der Waals surface area contributed by atoms with Crippen molar-refractivity contribution in [3.8, 4) is 46.6 Å². The van der Waals surface area contributed by atoms with E-state index in [0.717, 1.165) is 59.3 Å². The maximum Gasteiger partial charge on any atom is 0.384 e. The molecule has 0 atom stereocenters. The fourth-order valence-electron chi connectivity index (χ4n) is 6.01. The SMILES string of the molecule is C#CC(=O)OC(C)C.Cc1cc(OCCN2CCCC2)cc(-c2ncn(/C=C/C(=O)OC(C)C)n2)c1.Cc1cc(OCCN2CCCC2)cc(-c2ncn[nH]2)c1. The number of esters is 2. The van der Waals surface area contributed by atoms with Gasteiger partial charge in [0, 0.05) is 42.4 Å². The van der Waals surface area contributed by atoms with E-state index >= 15 is 0 Å². The molecule has 0 saturated carbocycles. The Morgan fingerprint density at radius 1 is 0.804 bits per heavy atom. The number of nitrogens with zero attached hydrogens (tertiary/aromatic N) is 7. The molecule has 2 aliphatic rings. The zero-order valence-electron chi connectivity index (χ0n) is 33.6. The molecule has 2 aromatic carbocycles.